The molecule has 1 aliphatic rings. The summed E-state index contributed by atoms with van der Waals surface area (Å²) >= 11 is 0. The molecule has 1 fully saturated rings. The standard InChI is InChI=1S/C10H20N2O4S.C2H6/c1-10(2,3)16-9(13)11-17(14,15)12-7-5-4-6-8-12;1-2/h4-8H2,1-3H3,(H,11,13);1-2H3. The highest BCUT2D eigenvalue weighted by Gasteiger charge is 2.27. The number of carbonyl (C=O) groups excluding carboxylic acids is 1. The lowest BCUT2D eigenvalue weighted by molar-refractivity contribution is 0.0566. The first-order valence-electron chi connectivity index (χ1n) is 6.71. The monoisotopic (exact) mass is 294 g/mol. The van der Waals surface area contributed by atoms with Crippen molar-refractivity contribution in [2.45, 2.75) is 59.5 Å². The van der Waals surface area contributed by atoms with E-state index >= 15 is 0 Å². The Bertz CT molecular complexity index is 368. The summed E-state index contributed by atoms with van der Waals surface area (Å²) in [5.41, 5.74) is -0.707. The summed E-state index contributed by atoms with van der Waals surface area (Å²) in [5, 5.41) is 0. The Balaban J connectivity index is 0.00000154. The molecule has 0 aromatic heterocycles. The second-order valence-corrected chi connectivity index (χ2v) is 6.74. The smallest absolute Gasteiger partial charge is 0.422 e. The van der Waals surface area contributed by atoms with Gasteiger partial charge >= 0.3 is 16.3 Å². The van der Waals surface area contributed by atoms with E-state index in [1.165, 1.54) is 4.31 Å². The maximum atomic E-state index is 11.8. The maximum absolute atomic E-state index is 11.8. The fourth-order valence-corrected chi connectivity index (χ4v) is 2.69. The van der Waals surface area contributed by atoms with Crippen LogP contribution in [0.1, 0.15) is 53.9 Å². The molecule has 0 aromatic rings. The van der Waals surface area contributed by atoms with Crippen molar-refractivity contribution < 1.29 is 17.9 Å². The zero-order chi connectivity index (χ0) is 15.1. The van der Waals surface area contributed by atoms with E-state index in [0.717, 1.165) is 19.3 Å². The van der Waals surface area contributed by atoms with Crippen LogP contribution in [0.25, 0.3) is 0 Å². The lowest BCUT2D eigenvalue weighted by Crippen LogP contribution is -2.47. The summed E-state index contributed by atoms with van der Waals surface area (Å²) in [6.07, 6.45) is 1.76. The number of carbonyl (C=O) groups is 1. The van der Waals surface area contributed by atoms with Crippen molar-refractivity contribution in [3.8, 4) is 0 Å². The first kappa shape index (κ1) is 18.2. The Morgan fingerprint density at radius 2 is 1.58 bits per heavy atom. The van der Waals surface area contributed by atoms with E-state index in [4.69, 9.17) is 4.74 Å². The molecule has 1 amide bonds. The number of amides is 1. The summed E-state index contributed by atoms with van der Waals surface area (Å²) in [5.74, 6) is 0. The van der Waals surface area contributed by atoms with Crippen LogP contribution < -0.4 is 4.72 Å². The van der Waals surface area contributed by atoms with E-state index in [1.54, 1.807) is 20.8 Å². The Morgan fingerprint density at radius 1 is 1.11 bits per heavy atom. The molecule has 0 saturated carbocycles. The van der Waals surface area contributed by atoms with Crippen LogP contribution in [0, 0.1) is 0 Å². The van der Waals surface area contributed by atoms with Crippen molar-refractivity contribution in [3.05, 3.63) is 0 Å². The van der Waals surface area contributed by atoms with Gasteiger partial charge in [0.15, 0.2) is 0 Å². The summed E-state index contributed by atoms with van der Waals surface area (Å²) in [6, 6.07) is 0. The molecule has 1 aliphatic heterocycles. The topological polar surface area (TPSA) is 75.7 Å². The van der Waals surface area contributed by atoms with Crippen LogP contribution in [0.5, 0.6) is 0 Å². The van der Waals surface area contributed by atoms with Crippen molar-refractivity contribution >= 4 is 16.3 Å². The van der Waals surface area contributed by atoms with E-state index in [-0.39, 0.29) is 0 Å². The third-order valence-electron chi connectivity index (χ3n) is 2.27. The number of ether oxygens (including phenoxy) is 1. The summed E-state index contributed by atoms with van der Waals surface area (Å²) < 4.78 is 31.7. The first-order chi connectivity index (χ1) is 8.71. The van der Waals surface area contributed by atoms with Gasteiger partial charge in [0.2, 0.25) is 0 Å². The fourth-order valence-electron chi connectivity index (χ4n) is 1.57. The second kappa shape index (κ2) is 7.69. The van der Waals surface area contributed by atoms with E-state index in [9.17, 15) is 13.2 Å². The van der Waals surface area contributed by atoms with Gasteiger partial charge in [-0.1, -0.05) is 20.3 Å². The molecule has 1 saturated heterocycles. The van der Waals surface area contributed by atoms with Gasteiger partial charge in [0.1, 0.15) is 5.60 Å². The number of hydrogen-bond donors (Lipinski definition) is 1. The molecule has 19 heavy (non-hydrogen) atoms. The summed E-state index contributed by atoms with van der Waals surface area (Å²) in [7, 11) is -3.75. The van der Waals surface area contributed by atoms with Gasteiger partial charge in [-0.2, -0.15) is 12.7 Å². The molecule has 1 rings (SSSR count). The fraction of sp³-hybridized carbons (Fsp3) is 0.917. The molecule has 114 valence electrons. The minimum Gasteiger partial charge on any atom is -0.443 e. The molecule has 0 atom stereocenters. The third kappa shape index (κ3) is 7.37. The van der Waals surface area contributed by atoms with Gasteiger partial charge in [0.25, 0.3) is 0 Å². The molecule has 7 heteroatoms. The molecule has 1 heterocycles. The summed E-state index contributed by atoms with van der Waals surface area (Å²) in [6.45, 7) is 9.95. The minimum absolute atomic E-state index is 0.456. The molecule has 0 unspecified atom stereocenters. The Labute approximate surface area is 116 Å². The van der Waals surface area contributed by atoms with E-state index in [2.05, 4.69) is 0 Å². The van der Waals surface area contributed by atoms with Crippen LogP contribution in [-0.4, -0.2) is 37.5 Å². The Morgan fingerprint density at radius 3 is 2.00 bits per heavy atom. The molecule has 0 radical (unpaired) electrons. The molecule has 0 spiro atoms. The van der Waals surface area contributed by atoms with Crippen molar-refractivity contribution in [2.24, 2.45) is 0 Å². The lowest BCUT2D eigenvalue weighted by Gasteiger charge is -2.26. The number of piperidine rings is 1. The first-order valence-corrected chi connectivity index (χ1v) is 8.15. The van der Waals surface area contributed by atoms with Gasteiger partial charge < -0.3 is 4.74 Å². The van der Waals surface area contributed by atoms with Crippen LogP contribution in [0.3, 0.4) is 0 Å². The predicted octanol–water partition coefficient (Wildman–Crippen LogP) is 2.27. The van der Waals surface area contributed by atoms with E-state index in [0.29, 0.717) is 13.1 Å². The third-order valence-corrected chi connectivity index (χ3v) is 3.74. The SMILES string of the molecule is CC.CC(C)(C)OC(=O)NS(=O)(=O)N1CCCCC1. The minimum atomic E-state index is -3.75. The maximum Gasteiger partial charge on any atom is 0.422 e. The van der Waals surface area contributed by atoms with Crippen LogP contribution in [0.15, 0.2) is 0 Å². The Hall–Kier alpha value is -0.820. The highest BCUT2D eigenvalue weighted by molar-refractivity contribution is 7.87. The van der Waals surface area contributed by atoms with Crippen LogP contribution in [0.4, 0.5) is 4.79 Å². The van der Waals surface area contributed by atoms with Gasteiger partial charge in [-0.15, -0.1) is 0 Å². The average molecular weight is 294 g/mol. The zero-order valence-corrected chi connectivity index (χ0v) is 13.3. The normalized spacial score (nSPS) is 17.1. The van der Waals surface area contributed by atoms with E-state index < -0.39 is 21.9 Å². The molecule has 0 aromatic carbocycles. The van der Waals surface area contributed by atoms with Crippen molar-refractivity contribution in [2.75, 3.05) is 13.1 Å². The second-order valence-electron chi connectivity index (χ2n) is 5.07. The van der Waals surface area contributed by atoms with Crippen LogP contribution in [0.2, 0.25) is 0 Å². The van der Waals surface area contributed by atoms with Crippen molar-refractivity contribution in [3.63, 3.8) is 0 Å². The van der Waals surface area contributed by atoms with Crippen molar-refractivity contribution in [1.82, 2.24) is 9.03 Å². The number of nitrogens with zero attached hydrogens (tertiary/aromatic N) is 1. The number of hydrogen-bond acceptors (Lipinski definition) is 4. The highest BCUT2D eigenvalue weighted by atomic mass is 32.2. The van der Waals surface area contributed by atoms with Gasteiger partial charge in [-0.3, -0.25) is 0 Å². The zero-order valence-electron chi connectivity index (χ0n) is 12.5. The molecular formula is C12H26N2O4S. The van der Waals surface area contributed by atoms with Crippen molar-refractivity contribution in [1.29, 1.82) is 0 Å². The quantitative estimate of drug-likeness (QED) is 0.847. The van der Waals surface area contributed by atoms with Crippen LogP contribution >= 0.6 is 0 Å². The predicted molar refractivity (Wildman–Crippen MR) is 75.1 cm³/mol. The van der Waals surface area contributed by atoms with Crippen LogP contribution in [-0.2, 0) is 14.9 Å². The molecule has 1 N–H and O–H groups in total. The van der Waals surface area contributed by atoms with E-state index in [1.807, 2.05) is 18.6 Å². The van der Waals surface area contributed by atoms with Gasteiger partial charge in [0.05, 0.1) is 0 Å². The Kier molecular flexibility index (Phi) is 7.36. The molecule has 0 aliphatic carbocycles. The van der Waals surface area contributed by atoms with Gasteiger partial charge in [-0.25, -0.2) is 9.52 Å². The average Bonchev–Trinajstić information content (AvgIpc) is 2.29. The molecule has 0 bridgehead atoms. The number of nitrogens with one attached hydrogen (secondary N) is 1. The molecule has 6 nitrogen and oxygen atoms in total. The largest absolute Gasteiger partial charge is 0.443 e. The lowest BCUT2D eigenvalue weighted by atomic mass is 10.2. The summed E-state index contributed by atoms with van der Waals surface area (Å²) in [4.78, 5) is 11.4. The molecular weight excluding hydrogens is 268 g/mol. The van der Waals surface area contributed by atoms with Gasteiger partial charge in [-0.05, 0) is 33.6 Å². The highest BCUT2D eigenvalue weighted by Crippen LogP contribution is 2.13. The number of rotatable bonds is 2. The van der Waals surface area contributed by atoms with Gasteiger partial charge in [0, 0.05) is 13.1 Å².